The van der Waals surface area contributed by atoms with Crippen molar-refractivity contribution in [2.24, 2.45) is 0 Å². The second-order valence-corrected chi connectivity index (χ2v) is 4.53. The van der Waals surface area contributed by atoms with E-state index in [1.807, 2.05) is 26.0 Å². The van der Waals surface area contributed by atoms with E-state index >= 15 is 0 Å². The molecule has 0 aromatic heterocycles. The molecule has 0 radical (unpaired) electrons. The number of ether oxygens (including phenoxy) is 1. The minimum absolute atomic E-state index is 0.170. The number of carbonyl (C=O) groups excluding carboxylic acids is 1. The second kappa shape index (κ2) is 5.82. The van der Waals surface area contributed by atoms with Gasteiger partial charge in [0.25, 0.3) is 0 Å². The van der Waals surface area contributed by atoms with Crippen LogP contribution >= 0.6 is 0 Å². The SMILES string of the molecule is Cc1cccc(OCC(=O)c2ccc(F)cc2F)c1C. The van der Waals surface area contributed by atoms with Gasteiger partial charge in [-0.2, -0.15) is 0 Å². The van der Waals surface area contributed by atoms with E-state index in [1.165, 1.54) is 0 Å². The Hall–Kier alpha value is -2.23. The highest BCUT2D eigenvalue weighted by atomic mass is 19.1. The Morgan fingerprint density at radius 2 is 1.90 bits per heavy atom. The number of Topliss-reactive ketones (excluding diaryl/α,β-unsaturated/α-hetero) is 1. The summed E-state index contributed by atoms with van der Waals surface area (Å²) in [5.41, 5.74) is 1.81. The third kappa shape index (κ3) is 3.02. The molecule has 2 aromatic carbocycles. The first-order valence-electron chi connectivity index (χ1n) is 6.16. The number of aryl methyl sites for hydroxylation is 1. The Morgan fingerprint density at radius 1 is 1.15 bits per heavy atom. The zero-order chi connectivity index (χ0) is 14.7. The molecule has 2 nitrogen and oxygen atoms in total. The van der Waals surface area contributed by atoms with Crippen LogP contribution in [0.3, 0.4) is 0 Å². The van der Waals surface area contributed by atoms with Crippen molar-refractivity contribution in [3.05, 3.63) is 64.7 Å². The first-order chi connectivity index (χ1) is 9.49. The quantitative estimate of drug-likeness (QED) is 0.793. The molecule has 0 heterocycles. The summed E-state index contributed by atoms with van der Waals surface area (Å²) in [6, 6.07) is 8.36. The predicted molar refractivity (Wildman–Crippen MR) is 72.1 cm³/mol. The maximum absolute atomic E-state index is 13.5. The minimum atomic E-state index is -0.875. The highest BCUT2D eigenvalue weighted by molar-refractivity contribution is 5.97. The average Bonchev–Trinajstić information content (AvgIpc) is 2.40. The van der Waals surface area contributed by atoms with E-state index in [2.05, 4.69) is 0 Å². The summed E-state index contributed by atoms with van der Waals surface area (Å²) in [6.45, 7) is 3.53. The third-order valence-electron chi connectivity index (χ3n) is 3.15. The molecule has 0 N–H and O–H groups in total. The van der Waals surface area contributed by atoms with Crippen molar-refractivity contribution in [1.29, 1.82) is 0 Å². The molecule has 2 aromatic rings. The fraction of sp³-hybridized carbons (Fsp3) is 0.188. The number of hydrogen-bond acceptors (Lipinski definition) is 2. The van der Waals surface area contributed by atoms with Gasteiger partial charge < -0.3 is 4.74 Å². The maximum atomic E-state index is 13.5. The molecule has 0 bridgehead atoms. The smallest absolute Gasteiger partial charge is 0.203 e. The molecule has 0 aliphatic rings. The van der Waals surface area contributed by atoms with Gasteiger partial charge >= 0.3 is 0 Å². The van der Waals surface area contributed by atoms with E-state index in [-0.39, 0.29) is 12.2 Å². The Bertz CT molecular complexity index is 651. The van der Waals surface area contributed by atoms with Crippen LogP contribution in [0.4, 0.5) is 8.78 Å². The second-order valence-electron chi connectivity index (χ2n) is 4.53. The summed E-state index contributed by atoms with van der Waals surface area (Å²) in [5, 5.41) is 0. The molecule has 20 heavy (non-hydrogen) atoms. The standard InChI is InChI=1S/C16H14F2O2/c1-10-4-3-5-16(11(10)2)20-9-15(19)13-7-6-12(17)8-14(13)18/h3-8H,9H2,1-2H3. The number of benzene rings is 2. The van der Waals surface area contributed by atoms with Gasteiger partial charge in [-0.05, 0) is 43.2 Å². The van der Waals surface area contributed by atoms with Gasteiger partial charge in [0.2, 0.25) is 5.78 Å². The Morgan fingerprint density at radius 3 is 2.60 bits per heavy atom. The van der Waals surface area contributed by atoms with Gasteiger partial charge in [-0.1, -0.05) is 12.1 Å². The monoisotopic (exact) mass is 276 g/mol. The van der Waals surface area contributed by atoms with Gasteiger partial charge in [-0.3, -0.25) is 4.79 Å². The Kier molecular flexibility index (Phi) is 4.13. The van der Waals surface area contributed by atoms with Crippen LogP contribution in [-0.2, 0) is 0 Å². The molecule has 0 amide bonds. The van der Waals surface area contributed by atoms with E-state index in [1.54, 1.807) is 6.07 Å². The van der Waals surface area contributed by atoms with E-state index < -0.39 is 17.4 Å². The van der Waals surface area contributed by atoms with Crippen molar-refractivity contribution >= 4 is 5.78 Å². The largest absolute Gasteiger partial charge is 0.485 e. The van der Waals surface area contributed by atoms with Crippen molar-refractivity contribution in [3.8, 4) is 5.75 Å². The van der Waals surface area contributed by atoms with Crippen LogP contribution in [0, 0.1) is 25.5 Å². The minimum Gasteiger partial charge on any atom is -0.485 e. The first kappa shape index (κ1) is 14.2. The van der Waals surface area contributed by atoms with Gasteiger partial charge in [0.05, 0.1) is 5.56 Å². The summed E-state index contributed by atoms with van der Waals surface area (Å²) in [5.74, 6) is -1.53. The van der Waals surface area contributed by atoms with Crippen molar-refractivity contribution < 1.29 is 18.3 Å². The lowest BCUT2D eigenvalue weighted by molar-refractivity contribution is 0.0917. The summed E-state index contributed by atoms with van der Waals surface area (Å²) < 4.78 is 31.6. The molecule has 0 aliphatic carbocycles. The van der Waals surface area contributed by atoms with Crippen LogP contribution < -0.4 is 4.74 Å². The van der Waals surface area contributed by atoms with E-state index in [0.717, 1.165) is 23.3 Å². The molecule has 104 valence electrons. The van der Waals surface area contributed by atoms with Crippen LogP contribution in [0.15, 0.2) is 36.4 Å². The molecule has 0 fully saturated rings. The maximum Gasteiger partial charge on any atom is 0.203 e. The summed E-state index contributed by atoms with van der Waals surface area (Å²) >= 11 is 0. The highest BCUT2D eigenvalue weighted by Crippen LogP contribution is 2.21. The van der Waals surface area contributed by atoms with Crippen molar-refractivity contribution in [2.75, 3.05) is 6.61 Å². The molecule has 0 saturated carbocycles. The summed E-state index contributed by atoms with van der Waals surface area (Å²) in [6.07, 6.45) is 0. The number of rotatable bonds is 4. The van der Waals surface area contributed by atoms with Gasteiger partial charge in [0, 0.05) is 6.07 Å². The van der Waals surface area contributed by atoms with E-state index in [9.17, 15) is 13.6 Å². The Balaban J connectivity index is 2.11. The fourth-order valence-corrected chi connectivity index (χ4v) is 1.82. The van der Waals surface area contributed by atoms with Crippen LogP contribution in [0.25, 0.3) is 0 Å². The molecule has 0 saturated heterocycles. The van der Waals surface area contributed by atoms with Crippen LogP contribution in [0.1, 0.15) is 21.5 Å². The normalized spacial score (nSPS) is 10.4. The summed E-state index contributed by atoms with van der Waals surface area (Å²) in [4.78, 5) is 11.9. The van der Waals surface area contributed by atoms with Crippen LogP contribution in [-0.4, -0.2) is 12.4 Å². The van der Waals surface area contributed by atoms with Gasteiger partial charge in [-0.25, -0.2) is 8.78 Å². The topological polar surface area (TPSA) is 26.3 Å². The van der Waals surface area contributed by atoms with E-state index in [0.29, 0.717) is 11.8 Å². The first-order valence-corrected chi connectivity index (χ1v) is 6.16. The van der Waals surface area contributed by atoms with Crippen LogP contribution in [0.5, 0.6) is 5.75 Å². The van der Waals surface area contributed by atoms with Crippen molar-refractivity contribution in [1.82, 2.24) is 0 Å². The number of ketones is 1. The number of halogens is 2. The fourth-order valence-electron chi connectivity index (χ4n) is 1.82. The van der Waals surface area contributed by atoms with Crippen molar-refractivity contribution in [2.45, 2.75) is 13.8 Å². The number of hydrogen-bond donors (Lipinski definition) is 0. The lowest BCUT2D eigenvalue weighted by atomic mass is 10.1. The number of carbonyl (C=O) groups is 1. The lowest BCUT2D eigenvalue weighted by Crippen LogP contribution is -2.14. The summed E-state index contributed by atoms with van der Waals surface area (Å²) in [7, 11) is 0. The molecule has 0 unspecified atom stereocenters. The average molecular weight is 276 g/mol. The zero-order valence-corrected chi connectivity index (χ0v) is 11.2. The molecule has 2 rings (SSSR count). The zero-order valence-electron chi connectivity index (χ0n) is 11.2. The predicted octanol–water partition coefficient (Wildman–Crippen LogP) is 3.84. The Labute approximate surface area is 116 Å². The highest BCUT2D eigenvalue weighted by Gasteiger charge is 2.13. The molecular weight excluding hydrogens is 262 g/mol. The van der Waals surface area contributed by atoms with Crippen molar-refractivity contribution in [3.63, 3.8) is 0 Å². The van der Waals surface area contributed by atoms with Crippen LogP contribution in [0.2, 0.25) is 0 Å². The molecule has 0 atom stereocenters. The van der Waals surface area contributed by atoms with Gasteiger partial charge in [0.15, 0.2) is 6.61 Å². The third-order valence-corrected chi connectivity index (χ3v) is 3.15. The van der Waals surface area contributed by atoms with Gasteiger partial charge in [-0.15, -0.1) is 0 Å². The van der Waals surface area contributed by atoms with E-state index in [4.69, 9.17) is 4.74 Å². The molecule has 4 heteroatoms. The molecule has 0 spiro atoms. The van der Waals surface area contributed by atoms with Gasteiger partial charge in [0.1, 0.15) is 17.4 Å². The lowest BCUT2D eigenvalue weighted by Gasteiger charge is -2.10. The molecular formula is C16H14F2O2. The molecule has 0 aliphatic heterocycles.